The first-order valence-electron chi connectivity index (χ1n) is 19.0. The molecule has 0 radical (unpaired) electrons. The van der Waals surface area contributed by atoms with Gasteiger partial charge in [-0.3, -0.25) is 0 Å². The maximum absolute atomic E-state index is 6.44. The van der Waals surface area contributed by atoms with Crippen LogP contribution in [0.25, 0.3) is 91.5 Å². The first-order chi connectivity index (χ1) is 27.8. The molecule has 0 fully saturated rings. The number of thiophene rings is 1. The molecule has 3 heterocycles. The smallest absolute Gasteiger partial charge is 0.143 e. The zero-order valence-electron chi connectivity index (χ0n) is 30.2. The van der Waals surface area contributed by atoms with Crippen molar-refractivity contribution >= 4 is 103 Å². The van der Waals surface area contributed by atoms with Gasteiger partial charge in [-0.2, -0.15) is 0 Å². The third kappa shape index (κ3) is 4.63. The van der Waals surface area contributed by atoms with Crippen molar-refractivity contribution in [1.29, 1.82) is 0 Å². The SMILES string of the molecule is c1ccc(-n2c3ccccc3c3ccc(N(c4ccc(-c5cc6c7ccccc7oc6c6ccccc56)cc4)c4cccc5sc6ccccc6c45)cc32)cc1. The van der Waals surface area contributed by atoms with Crippen molar-refractivity contribution in [3.63, 3.8) is 0 Å². The number of furan rings is 1. The highest BCUT2D eigenvalue weighted by Gasteiger charge is 2.22. The minimum absolute atomic E-state index is 0.911. The molecule has 0 aliphatic carbocycles. The molecule has 4 heteroatoms. The largest absolute Gasteiger partial charge is 0.455 e. The van der Waals surface area contributed by atoms with Crippen molar-refractivity contribution in [2.24, 2.45) is 0 Å². The third-order valence-electron chi connectivity index (χ3n) is 11.4. The highest BCUT2D eigenvalue weighted by Crippen LogP contribution is 2.47. The van der Waals surface area contributed by atoms with Crippen LogP contribution in [0.4, 0.5) is 17.1 Å². The summed E-state index contributed by atoms with van der Waals surface area (Å²) in [5.41, 5.74) is 11.1. The molecule has 3 aromatic heterocycles. The van der Waals surface area contributed by atoms with E-state index in [1.807, 2.05) is 17.4 Å². The normalized spacial score (nSPS) is 11.9. The molecular formula is C52H32N2OS. The van der Waals surface area contributed by atoms with Gasteiger partial charge in [0.15, 0.2) is 0 Å². The van der Waals surface area contributed by atoms with Gasteiger partial charge in [-0.05, 0) is 89.3 Å². The third-order valence-corrected chi connectivity index (χ3v) is 12.5. The number of hydrogen-bond acceptors (Lipinski definition) is 3. The van der Waals surface area contributed by atoms with Crippen LogP contribution in [0.15, 0.2) is 199 Å². The first-order valence-corrected chi connectivity index (χ1v) is 19.8. The average Bonchev–Trinajstić information content (AvgIpc) is 3.94. The number of nitrogens with zero attached hydrogens (tertiary/aromatic N) is 2. The van der Waals surface area contributed by atoms with Crippen LogP contribution in [0.1, 0.15) is 0 Å². The molecule has 262 valence electrons. The molecule has 0 atom stereocenters. The molecule has 0 N–H and O–H groups in total. The maximum Gasteiger partial charge on any atom is 0.143 e. The van der Waals surface area contributed by atoms with Gasteiger partial charge < -0.3 is 13.9 Å². The Labute approximate surface area is 326 Å². The van der Waals surface area contributed by atoms with E-state index in [1.54, 1.807) is 0 Å². The minimum atomic E-state index is 0.911. The molecule has 9 aromatic carbocycles. The van der Waals surface area contributed by atoms with E-state index in [-0.39, 0.29) is 0 Å². The number of anilines is 3. The summed E-state index contributed by atoms with van der Waals surface area (Å²) in [5.74, 6) is 0. The van der Waals surface area contributed by atoms with Gasteiger partial charge >= 0.3 is 0 Å². The Morgan fingerprint density at radius 3 is 1.95 bits per heavy atom. The average molecular weight is 733 g/mol. The van der Waals surface area contributed by atoms with E-state index >= 15 is 0 Å². The van der Waals surface area contributed by atoms with E-state index in [0.29, 0.717) is 0 Å². The fourth-order valence-corrected chi connectivity index (χ4v) is 10.0. The van der Waals surface area contributed by atoms with E-state index < -0.39 is 0 Å². The summed E-state index contributed by atoms with van der Waals surface area (Å²) >= 11 is 1.85. The Kier molecular flexibility index (Phi) is 6.80. The lowest BCUT2D eigenvalue weighted by atomic mass is 9.95. The summed E-state index contributed by atoms with van der Waals surface area (Å²) in [6.45, 7) is 0. The lowest BCUT2D eigenvalue weighted by Crippen LogP contribution is -2.10. The van der Waals surface area contributed by atoms with Gasteiger partial charge in [0.25, 0.3) is 0 Å². The Hall–Kier alpha value is -7.14. The fourth-order valence-electron chi connectivity index (χ4n) is 8.90. The van der Waals surface area contributed by atoms with Crippen LogP contribution in [0.3, 0.4) is 0 Å². The second-order valence-electron chi connectivity index (χ2n) is 14.5. The summed E-state index contributed by atoms with van der Waals surface area (Å²) in [6.07, 6.45) is 0. The van der Waals surface area contributed by atoms with Crippen LogP contribution in [0.2, 0.25) is 0 Å². The molecule has 0 saturated heterocycles. The lowest BCUT2D eigenvalue weighted by molar-refractivity contribution is 0.672. The zero-order chi connectivity index (χ0) is 36.7. The highest BCUT2D eigenvalue weighted by molar-refractivity contribution is 7.26. The van der Waals surface area contributed by atoms with Crippen LogP contribution in [0, 0.1) is 0 Å². The number of hydrogen-bond donors (Lipinski definition) is 0. The lowest BCUT2D eigenvalue weighted by Gasteiger charge is -2.27. The summed E-state index contributed by atoms with van der Waals surface area (Å²) in [4.78, 5) is 2.45. The van der Waals surface area contributed by atoms with Crippen LogP contribution >= 0.6 is 11.3 Å². The second-order valence-corrected chi connectivity index (χ2v) is 15.5. The van der Waals surface area contributed by atoms with E-state index in [2.05, 4.69) is 198 Å². The first kappa shape index (κ1) is 31.2. The van der Waals surface area contributed by atoms with Gasteiger partial charge in [0, 0.05) is 64.2 Å². The molecule has 0 aliphatic rings. The van der Waals surface area contributed by atoms with Gasteiger partial charge in [0.2, 0.25) is 0 Å². The van der Waals surface area contributed by atoms with Crippen LogP contribution in [0.5, 0.6) is 0 Å². The van der Waals surface area contributed by atoms with Crippen LogP contribution < -0.4 is 4.90 Å². The number of benzene rings is 9. The molecule has 12 aromatic rings. The molecule has 0 amide bonds. The quantitative estimate of drug-likeness (QED) is 0.176. The molecule has 0 aliphatic heterocycles. The predicted molar refractivity (Wildman–Crippen MR) is 239 cm³/mol. The second kappa shape index (κ2) is 12.2. The predicted octanol–water partition coefficient (Wildman–Crippen LogP) is 15.3. The van der Waals surface area contributed by atoms with Gasteiger partial charge in [0.05, 0.1) is 16.7 Å². The summed E-state index contributed by atoms with van der Waals surface area (Å²) in [7, 11) is 0. The summed E-state index contributed by atoms with van der Waals surface area (Å²) < 4.78 is 11.4. The van der Waals surface area contributed by atoms with Crippen molar-refractivity contribution in [1.82, 2.24) is 4.57 Å². The Balaban J connectivity index is 1.10. The Bertz CT molecular complexity index is 3480. The van der Waals surface area contributed by atoms with E-state index in [9.17, 15) is 0 Å². The van der Waals surface area contributed by atoms with Gasteiger partial charge in [-0.1, -0.05) is 121 Å². The molecule has 0 spiro atoms. The summed E-state index contributed by atoms with van der Waals surface area (Å²) in [5, 5.41) is 9.60. The van der Waals surface area contributed by atoms with Crippen molar-refractivity contribution in [2.75, 3.05) is 4.90 Å². The van der Waals surface area contributed by atoms with Crippen molar-refractivity contribution < 1.29 is 4.42 Å². The van der Waals surface area contributed by atoms with Gasteiger partial charge in [0.1, 0.15) is 11.2 Å². The van der Waals surface area contributed by atoms with E-state index in [0.717, 1.165) is 55.6 Å². The molecule has 0 bridgehead atoms. The number of aromatic nitrogens is 1. The van der Waals surface area contributed by atoms with Gasteiger partial charge in [-0.15, -0.1) is 11.3 Å². The number of rotatable bonds is 5. The topological polar surface area (TPSA) is 21.3 Å². The number of fused-ring (bicyclic) bond motifs is 11. The Morgan fingerprint density at radius 1 is 0.429 bits per heavy atom. The molecular weight excluding hydrogens is 701 g/mol. The van der Waals surface area contributed by atoms with Gasteiger partial charge in [-0.25, -0.2) is 0 Å². The molecule has 0 unspecified atom stereocenters. The fraction of sp³-hybridized carbons (Fsp3) is 0. The molecule has 12 rings (SSSR count). The highest BCUT2D eigenvalue weighted by atomic mass is 32.1. The molecule has 0 saturated carbocycles. The monoisotopic (exact) mass is 732 g/mol. The standard InChI is InChI=1S/C52H32N2OS/c1-2-13-34(14-3-1)54-45-20-9-6-16-38(45)39-30-29-36(31-47(39)54)53(46-21-12-24-50-51(46)42-19-8-11-23-49(42)56-50)35-27-25-33(26-28-35)43-32-44-40-17-7-10-22-48(40)55-52(44)41-18-5-4-15-37(41)43/h1-32H. The minimum Gasteiger partial charge on any atom is -0.455 e. The van der Waals surface area contributed by atoms with Crippen LogP contribution in [-0.4, -0.2) is 4.57 Å². The zero-order valence-corrected chi connectivity index (χ0v) is 31.0. The molecule has 56 heavy (non-hydrogen) atoms. The molecule has 3 nitrogen and oxygen atoms in total. The van der Waals surface area contributed by atoms with Crippen molar-refractivity contribution in [3.8, 4) is 16.8 Å². The van der Waals surface area contributed by atoms with Crippen molar-refractivity contribution in [3.05, 3.63) is 194 Å². The Morgan fingerprint density at radius 2 is 1.09 bits per heavy atom. The van der Waals surface area contributed by atoms with E-state index in [1.165, 1.54) is 52.9 Å². The van der Waals surface area contributed by atoms with E-state index in [4.69, 9.17) is 4.42 Å². The maximum atomic E-state index is 6.44. The summed E-state index contributed by atoms with van der Waals surface area (Å²) in [6, 6.07) is 70.3. The van der Waals surface area contributed by atoms with Crippen LogP contribution in [-0.2, 0) is 0 Å². The van der Waals surface area contributed by atoms with Crippen molar-refractivity contribution in [2.45, 2.75) is 0 Å². The number of para-hydroxylation sites is 3.